The lowest BCUT2D eigenvalue weighted by atomic mass is 10.1. The van der Waals surface area contributed by atoms with E-state index in [4.69, 9.17) is 10.5 Å². The van der Waals surface area contributed by atoms with Gasteiger partial charge in [-0.2, -0.15) is 0 Å². The number of fused-ring (bicyclic) bond motifs is 1. The SMILES string of the molecule is COC(=O)c1cncc(O[C@@H]2CCc3c(N)cccc32)c1. The van der Waals surface area contributed by atoms with Gasteiger partial charge in [-0.25, -0.2) is 4.79 Å². The molecule has 2 aromatic rings. The van der Waals surface area contributed by atoms with Crippen molar-refractivity contribution in [1.29, 1.82) is 0 Å². The summed E-state index contributed by atoms with van der Waals surface area (Å²) in [5.74, 6) is 0.127. The first-order valence-corrected chi connectivity index (χ1v) is 6.76. The van der Waals surface area contributed by atoms with Gasteiger partial charge in [0.25, 0.3) is 0 Å². The molecule has 3 rings (SSSR count). The molecule has 0 aliphatic heterocycles. The fourth-order valence-corrected chi connectivity index (χ4v) is 2.64. The molecule has 108 valence electrons. The third-order valence-corrected chi connectivity index (χ3v) is 3.66. The molecular formula is C16H16N2O3. The summed E-state index contributed by atoms with van der Waals surface area (Å²) >= 11 is 0. The molecule has 2 N–H and O–H groups in total. The van der Waals surface area contributed by atoms with Crippen molar-refractivity contribution in [3.63, 3.8) is 0 Å². The van der Waals surface area contributed by atoms with E-state index in [0.29, 0.717) is 11.3 Å². The van der Waals surface area contributed by atoms with Crippen molar-refractivity contribution < 1.29 is 14.3 Å². The Morgan fingerprint density at radius 3 is 3.05 bits per heavy atom. The van der Waals surface area contributed by atoms with Gasteiger partial charge < -0.3 is 15.2 Å². The van der Waals surface area contributed by atoms with Crippen LogP contribution in [0.15, 0.2) is 36.7 Å². The topological polar surface area (TPSA) is 74.4 Å². The van der Waals surface area contributed by atoms with Crippen molar-refractivity contribution in [2.24, 2.45) is 0 Å². The van der Waals surface area contributed by atoms with Crippen molar-refractivity contribution in [3.05, 3.63) is 53.3 Å². The van der Waals surface area contributed by atoms with Gasteiger partial charge in [0, 0.05) is 11.9 Å². The van der Waals surface area contributed by atoms with Crippen LogP contribution in [0.5, 0.6) is 5.75 Å². The highest BCUT2D eigenvalue weighted by atomic mass is 16.5. The van der Waals surface area contributed by atoms with Crippen LogP contribution < -0.4 is 10.5 Å². The van der Waals surface area contributed by atoms with Gasteiger partial charge in [-0.15, -0.1) is 0 Å². The number of carbonyl (C=O) groups excluding carboxylic acids is 1. The Bertz CT molecular complexity index is 685. The molecule has 0 spiro atoms. The first-order valence-electron chi connectivity index (χ1n) is 6.76. The molecule has 0 radical (unpaired) electrons. The zero-order valence-corrected chi connectivity index (χ0v) is 11.7. The molecule has 1 atom stereocenters. The number of hydrogen-bond acceptors (Lipinski definition) is 5. The Morgan fingerprint density at radius 1 is 1.38 bits per heavy atom. The highest BCUT2D eigenvalue weighted by molar-refractivity contribution is 5.89. The maximum Gasteiger partial charge on any atom is 0.339 e. The van der Waals surface area contributed by atoms with E-state index in [2.05, 4.69) is 9.72 Å². The smallest absolute Gasteiger partial charge is 0.339 e. The van der Waals surface area contributed by atoms with Gasteiger partial charge in [0.2, 0.25) is 0 Å². The summed E-state index contributed by atoms with van der Waals surface area (Å²) in [6.45, 7) is 0. The number of anilines is 1. The van der Waals surface area contributed by atoms with Gasteiger partial charge >= 0.3 is 5.97 Å². The zero-order valence-electron chi connectivity index (χ0n) is 11.7. The minimum Gasteiger partial charge on any atom is -0.484 e. The fraction of sp³-hybridized carbons (Fsp3) is 0.250. The van der Waals surface area contributed by atoms with E-state index >= 15 is 0 Å². The number of pyridine rings is 1. The molecule has 1 aromatic heterocycles. The summed E-state index contributed by atoms with van der Waals surface area (Å²) in [5.41, 5.74) is 9.42. The molecule has 1 aliphatic rings. The van der Waals surface area contributed by atoms with Crippen LogP contribution in [0.25, 0.3) is 0 Å². The van der Waals surface area contributed by atoms with Crippen molar-refractivity contribution in [2.75, 3.05) is 12.8 Å². The highest BCUT2D eigenvalue weighted by Gasteiger charge is 2.25. The third-order valence-electron chi connectivity index (χ3n) is 3.66. The molecule has 0 amide bonds. The van der Waals surface area contributed by atoms with Gasteiger partial charge in [-0.3, -0.25) is 4.98 Å². The molecule has 21 heavy (non-hydrogen) atoms. The number of aromatic nitrogens is 1. The van der Waals surface area contributed by atoms with E-state index < -0.39 is 5.97 Å². The Kier molecular flexibility index (Phi) is 3.48. The summed E-state index contributed by atoms with van der Waals surface area (Å²) in [6, 6.07) is 7.50. The summed E-state index contributed by atoms with van der Waals surface area (Å²) in [5, 5.41) is 0. The second-order valence-corrected chi connectivity index (χ2v) is 4.96. The van der Waals surface area contributed by atoms with Crippen LogP contribution in [-0.4, -0.2) is 18.1 Å². The number of nitrogens with zero attached hydrogens (tertiary/aromatic N) is 1. The molecule has 0 bridgehead atoms. The van der Waals surface area contributed by atoms with E-state index in [1.807, 2.05) is 18.2 Å². The van der Waals surface area contributed by atoms with Crippen LogP contribution in [0.3, 0.4) is 0 Å². The second-order valence-electron chi connectivity index (χ2n) is 4.96. The van der Waals surface area contributed by atoms with E-state index in [1.54, 1.807) is 12.3 Å². The summed E-state index contributed by atoms with van der Waals surface area (Å²) in [6.07, 6.45) is 4.76. The number of hydrogen-bond donors (Lipinski definition) is 1. The van der Waals surface area contributed by atoms with Crippen LogP contribution in [0.2, 0.25) is 0 Å². The normalized spacial score (nSPS) is 16.3. The van der Waals surface area contributed by atoms with E-state index in [0.717, 1.165) is 29.7 Å². The zero-order chi connectivity index (χ0) is 14.8. The van der Waals surface area contributed by atoms with Crippen LogP contribution in [0, 0.1) is 0 Å². The molecule has 1 aromatic carbocycles. The number of methoxy groups -OCH3 is 1. The lowest BCUT2D eigenvalue weighted by Crippen LogP contribution is -2.06. The van der Waals surface area contributed by atoms with E-state index in [-0.39, 0.29) is 6.10 Å². The summed E-state index contributed by atoms with van der Waals surface area (Å²) in [7, 11) is 1.34. The predicted molar refractivity (Wildman–Crippen MR) is 78.1 cm³/mol. The molecule has 0 saturated heterocycles. The van der Waals surface area contributed by atoms with Crippen molar-refractivity contribution >= 4 is 11.7 Å². The van der Waals surface area contributed by atoms with Gasteiger partial charge in [0.15, 0.2) is 0 Å². The Balaban J connectivity index is 1.83. The predicted octanol–water partition coefficient (Wildman–Crippen LogP) is 2.52. The molecule has 0 saturated carbocycles. The van der Waals surface area contributed by atoms with Crippen LogP contribution in [0.4, 0.5) is 5.69 Å². The molecule has 1 aliphatic carbocycles. The molecule has 5 nitrogen and oxygen atoms in total. The molecule has 5 heteroatoms. The van der Waals surface area contributed by atoms with Crippen LogP contribution in [-0.2, 0) is 11.2 Å². The molecule has 0 unspecified atom stereocenters. The van der Waals surface area contributed by atoms with Crippen LogP contribution in [0.1, 0.15) is 34.0 Å². The fourth-order valence-electron chi connectivity index (χ4n) is 2.64. The maximum absolute atomic E-state index is 11.5. The number of nitrogens with two attached hydrogens (primary N) is 1. The summed E-state index contributed by atoms with van der Waals surface area (Å²) < 4.78 is 10.6. The quantitative estimate of drug-likeness (QED) is 0.692. The standard InChI is InChI=1S/C16H16N2O3/c1-20-16(19)10-7-11(9-18-8-10)21-15-6-5-12-13(15)3-2-4-14(12)17/h2-4,7-9,15H,5-6,17H2,1H3/t15-/m1/s1. The van der Waals surface area contributed by atoms with E-state index in [9.17, 15) is 4.79 Å². The molecule has 1 heterocycles. The van der Waals surface area contributed by atoms with Gasteiger partial charge in [-0.05, 0) is 36.1 Å². The van der Waals surface area contributed by atoms with Crippen molar-refractivity contribution in [3.8, 4) is 5.75 Å². The second kappa shape index (κ2) is 5.44. The highest BCUT2D eigenvalue weighted by Crippen LogP contribution is 2.37. The Hall–Kier alpha value is -2.56. The number of nitrogen functional groups attached to an aromatic ring is 1. The number of esters is 1. The lowest BCUT2D eigenvalue weighted by Gasteiger charge is -2.15. The average molecular weight is 284 g/mol. The van der Waals surface area contributed by atoms with E-state index in [1.165, 1.54) is 13.3 Å². The lowest BCUT2D eigenvalue weighted by molar-refractivity contribution is 0.0599. The maximum atomic E-state index is 11.5. The number of carbonyl (C=O) groups is 1. The van der Waals surface area contributed by atoms with Crippen LogP contribution >= 0.6 is 0 Å². The summed E-state index contributed by atoms with van der Waals surface area (Å²) in [4.78, 5) is 15.5. The number of ether oxygens (including phenoxy) is 2. The Morgan fingerprint density at radius 2 is 2.24 bits per heavy atom. The number of benzene rings is 1. The number of rotatable bonds is 3. The minimum atomic E-state index is -0.427. The van der Waals surface area contributed by atoms with Gasteiger partial charge in [0.05, 0.1) is 18.9 Å². The monoisotopic (exact) mass is 284 g/mol. The molecule has 0 fully saturated rings. The largest absolute Gasteiger partial charge is 0.484 e. The first-order chi connectivity index (χ1) is 10.2. The van der Waals surface area contributed by atoms with Crippen molar-refractivity contribution in [1.82, 2.24) is 4.98 Å². The molecular weight excluding hydrogens is 268 g/mol. The van der Waals surface area contributed by atoms with Gasteiger partial charge in [-0.1, -0.05) is 12.1 Å². The first kappa shape index (κ1) is 13.4. The van der Waals surface area contributed by atoms with Gasteiger partial charge in [0.1, 0.15) is 11.9 Å². The Labute approximate surface area is 122 Å². The van der Waals surface area contributed by atoms with Crippen molar-refractivity contribution in [2.45, 2.75) is 18.9 Å². The minimum absolute atomic E-state index is 0.0572. The average Bonchev–Trinajstić information content (AvgIpc) is 2.91. The third kappa shape index (κ3) is 2.54.